The Balaban J connectivity index is 1.32. The van der Waals surface area contributed by atoms with Crippen LogP contribution in [0.4, 0.5) is 0 Å². The second kappa shape index (κ2) is 8.55. The van der Waals surface area contributed by atoms with E-state index >= 15 is 0 Å². The summed E-state index contributed by atoms with van der Waals surface area (Å²) in [5.41, 5.74) is 2.06. The highest BCUT2D eigenvalue weighted by atomic mass is 32.2. The molecule has 29 heavy (non-hydrogen) atoms. The van der Waals surface area contributed by atoms with Crippen LogP contribution in [0.2, 0.25) is 0 Å². The number of thiophene rings is 1. The number of carbonyl (C=O) groups excluding carboxylic acids is 1. The molecule has 8 heteroatoms. The Morgan fingerprint density at radius 3 is 2.52 bits per heavy atom. The maximum atomic E-state index is 13.0. The summed E-state index contributed by atoms with van der Waals surface area (Å²) in [4.78, 5) is 18.4. The molecule has 0 saturated carbocycles. The van der Waals surface area contributed by atoms with Crippen molar-refractivity contribution in [1.82, 2.24) is 14.1 Å². The van der Waals surface area contributed by atoms with Gasteiger partial charge in [-0.2, -0.15) is 4.31 Å². The molecule has 0 bridgehead atoms. The lowest BCUT2D eigenvalue weighted by Gasteiger charge is -2.39. The van der Waals surface area contributed by atoms with Crippen LogP contribution in [0.25, 0.3) is 0 Å². The first-order chi connectivity index (χ1) is 13.9. The van der Waals surface area contributed by atoms with Gasteiger partial charge in [0.05, 0.1) is 11.8 Å². The average molecular weight is 434 g/mol. The molecule has 1 fully saturated rings. The smallest absolute Gasteiger partial charge is 0.239 e. The van der Waals surface area contributed by atoms with E-state index in [1.54, 1.807) is 15.6 Å². The van der Waals surface area contributed by atoms with Crippen molar-refractivity contribution < 1.29 is 13.2 Å². The number of sulfonamides is 1. The molecule has 6 nitrogen and oxygen atoms in total. The topological polar surface area (TPSA) is 60.9 Å². The molecule has 1 amide bonds. The first-order valence-corrected chi connectivity index (χ1v) is 12.5. The van der Waals surface area contributed by atoms with Crippen molar-refractivity contribution in [3.8, 4) is 0 Å². The van der Waals surface area contributed by atoms with Gasteiger partial charge in [-0.15, -0.1) is 11.3 Å². The highest BCUT2D eigenvalue weighted by Gasteiger charge is 2.33. The third kappa shape index (κ3) is 4.55. The maximum absolute atomic E-state index is 13.0. The van der Waals surface area contributed by atoms with Crippen molar-refractivity contribution >= 4 is 27.3 Å². The van der Waals surface area contributed by atoms with E-state index in [2.05, 4.69) is 16.3 Å². The van der Waals surface area contributed by atoms with Crippen molar-refractivity contribution in [3.63, 3.8) is 0 Å². The Kier molecular flexibility index (Phi) is 6.06. The standard InChI is InChI=1S/C21H27N3O3S2/c1-17(21(25)23-9-7-20-19(15-23)8-14-28-20)22-10-12-24(13-11-22)29(26,27)16-18-5-3-2-4-6-18/h2-6,8,14,17H,7,9-13,15-16H2,1H3. The van der Waals surface area contributed by atoms with E-state index in [0.29, 0.717) is 32.7 Å². The van der Waals surface area contributed by atoms with Crippen molar-refractivity contribution in [2.45, 2.75) is 31.7 Å². The van der Waals surface area contributed by atoms with Gasteiger partial charge in [0.15, 0.2) is 0 Å². The lowest BCUT2D eigenvalue weighted by Crippen LogP contribution is -2.55. The van der Waals surface area contributed by atoms with E-state index < -0.39 is 10.0 Å². The minimum absolute atomic E-state index is 0.0269. The molecule has 2 aromatic rings. The molecule has 0 radical (unpaired) electrons. The quantitative estimate of drug-likeness (QED) is 0.725. The minimum Gasteiger partial charge on any atom is -0.337 e. The van der Waals surface area contributed by atoms with Gasteiger partial charge in [-0.25, -0.2) is 8.42 Å². The monoisotopic (exact) mass is 433 g/mol. The van der Waals surface area contributed by atoms with Crippen molar-refractivity contribution in [3.05, 3.63) is 57.8 Å². The Hall–Kier alpha value is -1.74. The molecule has 1 atom stereocenters. The molecule has 2 aliphatic rings. The fourth-order valence-corrected chi connectivity index (χ4v) is 6.51. The summed E-state index contributed by atoms with van der Waals surface area (Å²) < 4.78 is 27.0. The summed E-state index contributed by atoms with van der Waals surface area (Å²) >= 11 is 1.77. The number of piperazine rings is 1. The van der Waals surface area contributed by atoms with Gasteiger partial charge in [0.1, 0.15) is 0 Å². The average Bonchev–Trinajstić information content (AvgIpc) is 3.21. The predicted octanol–water partition coefficient (Wildman–Crippen LogP) is 2.17. The van der Waals surface area contributed by atoms with Gasteiger partial charge < -0.3 is 4.90 Å². The van der Waals surface area contributed by atoms with Crippen LogP contribution in [0.3, 0.4) is 0 Å². The molecule has 1 unspecified atom stereocenters. The number of fused-ring (bicyclic) bond motifs is 1. The summed E-state index contributed by atoms with van der Waals surface area (Å²) in [7, 11) is -3.34. The summed E-state index contributed by atoms with van der Waals surface area (Å²) in [6.07, 6.45) is 0.928. The molecule has 1 aromatic heterocycles. The van der Waals surface area contributed by atoms with Crippen LogP contribution < -0.4 is 0 Å². The third-order valence-corrected chi connectivity index (χ3v) is 8.76. The van der Waals surface area contributed by atoms with E-state index in [1.165, 1.54) is 10.4 Å². The van der Waals surface area contributed by atoms with E-state index in [1.807, 2.05) is 42.2 Å². The molecule has 0 N–H and O–H groups in total. The molecule has 4 rings (SSSR count). The molecular formula is C21H27N3O3S2. The second-order valence-corrected chi connectivity index (χ2v) is 10.7. The molecule has 156 valence electrons. The first kappa shape index (κ1) is 20.5. The van der Waals surface area contributed by atoms with Crippen LogP contribution in [-0.4, -0.2) is 67.2 Å². The van der Waals surface area contributed by atoms with Crippen LogP contribution in [0, 0.1) is 0 Å². The highest BCUT2D eigenvalue weighted by Crippen LogP contribution is 2.25. The van der Waals surface area contributed by atoms with Crippen molar-refractivity contribution in [2.24, 2.45) is 0 Å². The fourth-order valence-electron chi connectivity index (χ4n) is 4.10. The normalized spacial score (nSPS) is 19.7. The number of benzene rings is 1. The summed E-state index contributed by atoms with van der Waals surface area (Å²) in [6, 6.07) is 11.2. The van der Waals surface area contributed by atoms with Crippen LogP contribution in [-0.2, 0) is 33.5 Å². The molecule has 3 heterocycles. The van der Waals surface area contributed by atoms with Crippen molar-refractivity contribution in [1.29, 1.82) is 0 Å². The first-order valence-electron chi connectivity index (χ1n) is 10.0. The minimum atomic E-state index is -3.34. The van der Waals surface area contributed by atoms with Gasteiger partial charge >= 0.3 is 0 Å². The number of hydrogen-bond acceptors (Lipinski definition) is 5. The second-order valence-electron chi connectivity index (χ2n) is 7.73. The molecule has 1 saturated heterocycles. The molecule has 2 aliphatic heterocycles. The zero-order valence-electron chi connectivity index (χ0n) is 16.7. The van der Waals surface area contributed by atoms with Gasteiger partial charge in [0.2, 0.25) is 15.9 Å². The third-order valence-electron chi connectivity index (χ3n) is 5.88. The van der Waals surface area contributed by atoms with E-state index in [9.17, 15) is 13.2 Å². The number of amides is 1. The zero-order valence-corrected chi connectivity index (χ0v) is 18.3. The van der Waals surface area contributed by atoms with E-state index in [-0.39, 0.29) is 17.7 Å². The van der Waals surface area contributed by atoms with Gasteiger partial charge in [0, 0.05) is 44.1 Å². The molecule has 1 aromatic carbocycles. The van der Waals surface area contributed by atoms with Gasteiger partial charge in [-0.1, -0.05) is 30.3 Å². The Labute approximate surface area is 176 Å². The zero-order chi connectivity index (χ0) is 20.4. The number of rotatable bonds is 5. The Morgan fingerprint density at radius 2 is 1.79 bits per heavy atom. The van der Waals surface area contributed by atoms with E-state index in [4.69, 9.17) is 0 Å². The van der Waals surface area contributed by atoms with Crippen LogP contribution in [0.15, 0.2) is 41.8 Å². The van der Waals surface area contributed by atoms with Crippen LogP contribution >= 0.6 is 11.3 Å². The maximum Gasteiger partial charge on any atom is 0.239 e. The number of hydrogen-bond donors (Lipinski definition) is 0. The number of nitrogens with zero attached hydrogens (tertiary/aromatic N) is 3. The van der Waals surface area contributed by atoms with Gasteiger partial charge in [-0.05, 0) is 35.9 Å². The molecule has 0 aliphatic carbocycles. The number of carbonyl (C=O) groups is 1. The molecule has 0 spiro atoms. The van der Waals surface area contributed by atoms with Crippen molar-refractivity contribution in [2.75, 3.05) is 32.7 Å². The Bertz CT molecular complexity index is 951. The van der Waals surface area contributed by atoms with E-state index in [0.717, 1.165) is 18.5 Å². The van der Waals surface area contributed by atoms with Gasteiger partial charge in [0.25, 0.3) is 0 Å². The predicted molar refractivity (Wildman–Crippen MR) is 115 cm³/mol. The lowest BCUT2D eigenvalue weighted by molar-refractivity contribution is -0.137. The molecular weight excluding hydrogens is 406 g/mol. The summed E-state index contributed by atoms with van der Waals surface area (Å²) in [6.45, 7) is 5.43. The largest absolute Gasteiger partial charge is 0.337 e. The fraction of sp³-hybridized carbons (Fsp3) is 0.476. The lowest BCUT2D eigenvalue weighted by atomic mass is 10.1. The van der Waals surface area contributed by atoms with Crippen LogP contribution in [0.1, 0.15) is 22.9 Å². The van der Waals surface area contributed by atoms with Crippen LogP contribution in [0.5, 0.6) is 0 Å². The van der Waals surface area contributed by atoms with Gasteiger partial charge in [-0.3, -0.25) is 9.69 Å². The summed E-state index contributed by atoms with van der Waals surface area (Å²) in [5.74, 6) is 0.168. The Morgan fingerprint density at radius 1 is 1.07 bits per heavy atom. The highest BCUT2D eigenvalue weighted by molar-refractivity contribution is 7.88. The SMILES string of the molecule is CC(C(=O)N1CCc2sccc2C1)N1CCN(S(=O)(=O)Cc2ccccc2)CC1. The summed E-state index contributed by atoms with van der Waals surface area (Å²) in [5, 5.41) is 2.09.